The van der Waals surface area contributed by atoms with Crippen LogP contribution in [0.15, 0.2) is 21.7 Å². The second-order valence-electron chi connectivity index (χ2n) is 3.79. The molecule has 0 spiro atoms. The molecule has 1 aliphatic rings. The highest BCUT2D eigenvalue weighted by Crippen LogP contribution is 2.35. The maximum atomic E-state index is 11.5. The van der Waals surface area contributed by atoms with Gasteiger partial charge in [-0.25, -0.2) is 0 Å². The molecule has 1 aliphatic heterocycles. The van der Waals surface area contributed by atoms with Gasteiger partial charge in [-0.3, -0.25) is 4.79 Å². The van der Waals surface area contributed by atoms with Crippen molar-refractivity contribution in [3.8, 4) is 11.5 Å². The van der Waals surface area contributed by atoms with Gasteiger partial charge >= 0.3 is 0 Å². The van der Waals surface area contributed by atoms with E-state index in [9.17, 15) is 9.90 Å². The Hall–Kier alpha value is -1.12. The molecule has 0 aliphatic carbocycles. The van der Waals surface area contributed by atoms with Crippen molar-refractivity contribution in [2.24, 2.45) is 5.10 Å². The first kappa shape index (κ1) is 15.3. The SMILES string of the molecule is CCOc1cc(/C=N/N2C(=O)CSC2=S)cc(Br)c1O. The number of benzene rings is 1. The predicted octanol–water partition coefficient (Wildman–Crippen LogP) is 2.75. The van der Waals surface area contributed by atoms with Crippen LogP contribution < -0.4 is 4.74 Å². The predicted molar refractivity (Wildman–Crippen MR) is 86.5 cm³/mol. The number of phenols is 1. The topological polar surface area (TPSA) is 62.1 Å². The van der Waals surface area contributed by atoms with Gasteiger partial charge in [0.2, 0.25) is 0 Å². The lowest BCUT2D eigenvalue weighted by molar-refractivity contribution is -0.123. The molecule has 1 amide bonds. The first-order chi connectivity index (χ1) is 9.52. The molecule has 0 aromatic heterocycles. The summed E-state index contributed by atoms with van der Waals surface area (Å²) >= 11 is 9.55. The number of hydrogen-bond acceptors (Lipinski definition) is 6. The number of aromatic hydroxyl groups is 1. The van der Waals surface area contributed by atoms with Gasteiger partial charge in [0.05, 0.1) is 23.0 Å². The fourth-order valence-electron chi connectivity index (χ4n) is 1.52. The van der Waals surface area contributed by atoms with Crippen LogP contribution in [0, 0.1) is 0 Å². The van der Waals surface area contributed by atoms with Crippen LogP contribution in [0.4, 0.5) is 0 Å². The first-order valence-corrected chi connectivity index (χ1v) is 7.90. The van der Waals surface area contributed by atoms with Crippen molar-refractivity contribution in [1.29, 1.82) is 0 Å². The Morgan fingerprint density at radius 1 is 1.65 bits per heavy atom. The van der Waals surface area contributed by atoms with Crippen LogP contribution in [0.1, 0.15) is 12.5 Å². The Labute approximate surface area is 134 Å². The molecule has 0 saturated carbocycles. The number of carbonyl (C=O) groups is 1. The highest BCUT2D eigenvalue weighted by atomic mass is 79.9. The van der Waals surface area contributed by atoms with Crippen LogP contribution >= 0.6 is 39.9 Å². The fraction of sp³-hybridized carbons (Fsp3) is 0.250. The van der Waals surface area contributed by atoms with Crippen LogP contribution in [-0.4, -0.2) is 38.9 Å². The molecule has 1 saturated heterocycles. The minimum absolute atomic E-state index is 0.0346. The minimum atomic E-state index is -0.140. The normalized spacial score (nSPS) is 15.4. The van der Waals surface area contributed by atoms with Gasteiger partial charge in [-0.2, -0.15) is 10.1 Å². The third-order valence-corrected chi connectivity index (χ3v) is 4.34. The number of hydrazone groups is 1. The fourth-order valence-corrected chi connectivity index (χ4v) is 2.94. The maximum absolute atomic E-state index is 11.5. The largest absolute Gasteiger partial charge is 0.503 e. The number of amides is 1. The Bertz CT molecular complexity index is 576. The lowest BCUT2D eigenvalue weighted by atomic mass is 10.2. The van der Waals surface area contributed by atoms with Gasteiger partial charge < -0.3 is 9.84 Å². The smallest absolute Gasteiger partial charge is 0.259 e. The summed E-state index contributed by atoms with van der Waals surface area (Å²) < 4.78 is 6.25. The van der Waals surface area contributed by atoms with Gasteiger partial charge in [-0.15, -0.1) is 0 Å². The molecule has 20 heavy (non-hydrogen) atoms. The van der Waals surface area contributed by atoms with Crippen molar-refractivity contribution >= 4 is 56.4 Å². The van der Waals surface area contributed by atoms with Crippen LogP contribution in [0.25, 0.3) is 0 Å². The summed E-state index contributed by atoms with van der Waals surface area (Å²) in [5.74, 6) is 0.569. The number of halogens is 1. The monoisotopic (exact) mass is 374 g/mol. The number of ether oxygens (including phenoxy) is 1. The third-order valence-electron chi connectivity index (χ3n) is 2.40. The lowest BCUT2D eigenvalue weighted by Gasteiger charge is -2.09. The zero-order chi connectivity index (χ0) is 14.7. The summed E-state index contributed by atoms with van der Waals surface area (Å²) in [6.07, 6.45) is 1.50. The number of thiocarbonyl (C=S) groups is 1. The van der Waals surface area contributed by atoms with E-state index in [1.165, 1.54) is 23.0 Å². The second kappa shape index (κ2) is 6.55. The molecule has 5 nitrogen and oxygen atoms in total. The van der Waals surface area contributed by atoms with E-state index >= 15 is 0 Å². The molecule has 1 aromatic carbocycles. The number of thioether (sulfide) groups is 1. The van der Waals surface area contributed by atoms with Gasteiger partial charge in [0, 0.05) is 0 Å². The van der Waals surface area contributed by atoms with Gasteiger partial charge in [0.15, 0.2) is 15.8 Å². The number of nitrogens with zero attached hydrogens (tertiary/aromatic N) is 2. The molecule has 8 heteroatoms. The Balaban J connectivity index is 2.25. The molecule has 0 unspecified atom stereocenters. The summed E-state index contributed by atoms with van der Waals surface area (Å²) in [6, 6.07) is 3.32. The van der Waals surface area contributed by atoms with Crippen LogP contribution in [0.3, 0.4) is 0 Å². The van der Waals surface area contributed by atoms with E-state index in [-0.39, 0.29) is 11.7 Å². The standard InChI is InChI=1S/C12H11BrN2O3S2/c1-2-18-9-4-7(3-8(13)11(9)17)5-14-15-10(16)6-20-12(15)19/h3-5,17H,2,6H2,1H3/b14-5+. The van der Waals surface area contributed by atoms with E-state index in [2.05, 4.69) is 21.0 Å². The zero-order valence-corrected chi connectivity index (χ0v) is 13.7. The summed E-state index contributed by atoms with van der Waals surface area (Å²) in [6.45, 7) is 2.26. The molecule has 0 radical (unpaired) electrons. The molecule has 0 atom stereocenters. The molecule has 1 N–H and O–H groups in total. The molecule has 106 valence electrons. The quantitative estimate of drug-likeness (QED) is 0.648. The van der Waals surface area contributed by atoms with Gasteiger partial charge in [0.25, 0.3) is 5.91 Å². The Morgan fingerprint density at radius 2 is 2.40 bits per heavy atom. The van der Waals surface area contributed by atoms with Gasteiger partial charge in [-0.1, -0.05) is 24.0 Å². The average Bonchev–Trinajstić information content (AvgIpc) is 2.72. The van der Waals surface area contributed by atoms with Crippen molar-refractivity contribution in [2.45, 2.75) is 6.92 Å². The lowest BCUT2D eigenvalue weighted by Crippen LogP contribution is -2.22. The first-order valence-electron chi connectivity index (χ1n) is 5.72. The van der Waals surface area contributed by atoms with E-state index in [0.29, 0.717) is 32.5 Å². The number of carbonyl (C=O) groups excluding carboxylic acids is 1. The molecule has 1 fully saturated rings. The molecule has 0 bridgehead atoms. The van der Waals surface area contributed by atoms with Crippen molar-refractivity contribution in [2.75, 3.05) is 12.4 Å². The summed E-state index contributed by atoms with van der Waals surface area (Å²) in [5, 5.41) is 15.1. The van der Waals surface area contributed by atoms with Crippen LogP contribution in [0.2, 0.25) is 0 Å². The van der Waals surface area contributed by atoms with E-state index in [1.54, 1.807) is 12.1 Å². The summed E-state index contributed by atoms with van der Waals surface area (Å²) in [5.41, 5.74) is 0.686. The van der Waals surface area contributed by atoms with Gasteiger partial charge in [-0.05, 0) is 40.5 Å². The van der Waals surface area contributed by atoms with Gasteiger partial charge in [0.1, 0.15) is 0 Å². The van der Waals surface area contributed by atoms with E-state index in [1.807, 2.05) is 6.92 Å². The van der Waals surface area contributed by atoms with Crippen molar-refractivity contribution in [1.82, 2.24) is 5.01 Å². The van der Waals surface area contributed by atoms with E-state index in [4.69, 9.17) is 17.0 Å². The number of hydrogen-bond donors (Lipinski definition) is 1. The molecular weight excluding hydrogens is 364 g/mol. The number of phenolic OH excluding ortho intramolecular Hbond substituents is 1. The van der Waals surface area contributed by atoms with E-state index in [0.717, 1.165) is 0 Å². The zero-order valence-electron chi connectivity index (χ0n) is 10.5. The highest BCUT2D eigenvalue weighted by molar-refractivity contribution is 9.10. The van der Waals surface area contributed by atoms with E-state index < -0.39 is 0 Å². The molecule has 1 aromatic rings. The van der Waals surface area contributed by atoms with Crippen molar-refractivity contribution < 1.29 is 14.6 Å². The minimum Gasteiger partial charge on any atom is -0.503 e. The van der Waals surface area contributed by atoms with Crippen LogP contribution in [0.5, 0.6) is 11.5 Å². The maximum Gasteiger partial charge on any atom is 0.259 e. The molecule has 1 heterocycles. The van der Waals surface area contributed by atoms with Crippen molar-refractivity contribution in [3.05, 3.63) is 22.2 Å². The van der Waals surface area contributed by atoms with Crippen LogP contribution in [-0.2, 0) is 4.79 Å². The summed E-state index contributed by atoms with van der Waals surface area (Å²) in [4.78, 5) is 11.5. The third kappa shape index (κ3) is 3.31. The number of rotatable bonds is 4. The Morgan fingerprint density at radius 3 is 3.00 bits per heavy atom. The van der Waals surface area contributed by atoms with Crippen molar-refractivity contribution in [3.63, 3.8) is 0 Å². The molecular formula is C12H11BrN2O3S2. The average molecular weight is 375 g/mol. The Kier molecular flexibility index (Phi) is 5.00. The highest BCUT2D eigenvalue weighted by Gasteiger charge is 2.26. The second-order valence-corrected chi connectivity index (χ2v) is 6.25. The summed E-state index contributed by atoms with van der Waals surface area (Å²) in [7, 11) is 0. The molecule has 2 rings (SSSR count).